The van der Waals surface area contributed by atoms with Crippen molar-refractivity contribution in [2.75, 3.05) is 13.2 Å². The molecule has 7 heteroatoms. The van der Waals surface area contributed by atoms with E-state index in [1.165, 1.54) is 11.3 Å². The van der Waals surface area contributed by atoms with E-state index in [0.717, 1.165) is 20.9 Å². The molecule has 3 rings (SSSR count). The number of amides is 1. The molecule has 3 aromatic rings. The molecule has 2 aromatic heterocycles. The number of aromatic nitrogens is 2. The second-order valence-corrected chi connectivity index (χ2v) is 7.13. The second kappa shape index (κ2) is 8.22. The molecule has 0 saturated heterocycles. The van der Waals surface area contributed by atoms with Crippen molar-refractivity contribution in [1.82, 2.24) is 15.3 Å². The van der Waals surface area contributed by atoms with Crippen molar-refractivity contribution in [3.8, 4) is 16.5 Å². The Labute approximate surface area is 158 Å². The van der Waals surface area contributed by atoms with Gasteiger partial charge in [-0.3, -0.25) is 9.78 Å². The van der Waals surface area contributed by atoms with Crippen LogP contribution in [-0.2, 0) is 0 Å². The number of rotatable bonds is 6. The zero-order chi connectivity index (χ0) is 17.6. The van der Waals surface area contributed by atoms with Crippen molar-refractivity contribution < 1.29 is 9.53 Å². The molecule has 0 bridgehead atoms. The fraction of sp³-hybridized carbons (Fsp3) is 0.167. The Balaban J connectivity index is 1.56. The van der Waals surface area contributed by atoms with Crippen LogP contribution >= 0.6 is 27.3 Å². The molecule has 1 N–H and O–H groups in total. The Morgan fingerprint density at radius 1 is 1.28 bits per heavy atom. The van der Waals surface area contributed by atoms with E-state index in [2.05, 4.69) is 31.2 Å². The SMILES string of the molecule is Cc1nc(-c2ccccn2)sc1C(=O)NCCOc1cccc(Br)c1. The molecule has 0 saturated carbocycles. The van der Waals surface area contributed by atoms with Gasteiger partial charge in [0.25, 0.3) is 5.91 Å². The Morgan fingerprint density at radius 2 is 2.16 bits per heavy atom. The van der Waals surface area contributed by atoms with Crippen molar-refractivity contribution in [3.05, 3.63) is 63.7 Å². The normalized spacial score (nSPS) is 10.5. The van der Waals surface area contributed by atoms with E-state index in [-0.39, 0.29) is 5.91 Å². The van der Waals surface area contributed by atoms with Crippen molar-refractivity contribution in [3.63, 3.8) is 0 Å². The minimum Gasteiger partial charge on any atom is -0.492 e. The number of nitrogens with one attached hydrogen (secondary N) is 1. The first-order valence-electron chi connectivity index (χ1n) is 7.69. The monoisotopic (exact) mass is 417 g/mol. The number of hydrogen-bond donors (Lipinski definition) is 1. The van der Waals surface area contributed by atoms with Gasteiger partial charge in [-0.1, -0.05) is 28.1 Å². The summed E-state index contributed by atoms with van der Waals surface area (Å²) in [6.07, 6.45) is 1.71. The highest BCUT2D eigenvalue weighted by Gasteiger charge is 2.16. The second-order valence-electron chi connectivity index (χ2n) is 5.21. The van der Waals surface area contributed by atoms with E-state index >= 15 is 0 Å². The van der Waals surface area contributed by atoms with Gasteiger partial charge < -0.3 is 10.1 Å². The molecule has 0 aliphatic rings. The standard InChI is InChI=1S/C18H16BrN3O2S/c1-12-16(25-18(22-12)15-7-2-3-8-20-15)17(23)21-9-10-24-14-6-4-5-13(19)11-14/h2-8,11H,9-10H2,1H3,(H,21,23). The molecule has 0 unspecified atom stereocenters. The number of nitrogens with zero attached hydrogens (tertiary/aromatic N) is 2. The number of pyridine rings is 1. The van der Waals surface area contributed by atoms with Crippen LogP contribution in [0.1, 0.15) is 15.4 Å². The van der Waals surface area contributed by atoms with Crippen LogP contribution in [0.25, 0.3) is 10.7 Å². The van der Waals surface area contributed by atoms with E-state index in [1.807, 2.05) is 49.4 Å². The van der Waals surface area contributed by atoms with E-state index in [0.29, 0.717) is 23.7 Å². The fourth-order valence-electron chi connectivity index (χ4n) is 2.18. The maximum Gasteiger partial charge on any atom is 0.263 e. The van der Waals surface area contributed by atoms with Crippen LogP contribution < -0.4 is 10.1 Å². The number of thiazole rings is 1. The molecule has 128 valence electrons. The van der Waals surface area contributed by atoms with Gasteiger partial charge in [-0.05, 0) is 37.3 Å². The number of carbonyl (C=O) groups is 1. The number of ether oxygens (including phenoxy) is 1. The highest BCUT2D eigenvalue weighted by molar-refractivity contribution is 9.10. The van der Waals surface area contributed by atoms with Crippen LogP contribution in [0.4, 0.5) is 0 Å². The summed E-state index contributed by atoms with van der Waals surface area (Å²) < 4.78 is 6.57. The minimum atomic E-state index is -0.143. The van der Waals surface area contributed by atoms with Crippen molar-refractivity contribution in [2.24, 2.45) is 0 Å². The Hall–Kier alpha value is -2.25. The largest absolute Gasteiger partial charge is 0.492 e. The molecule has 5 nitrogen and oxygen atoms in total. The maximum absolute atomic E-state index is 12.4. The van der Waals surface area contributed by atoms with E-state index in [4.69, 9.17) is 4.74 Å². The molecule has 0 aliphatic carbocycles. The summed E-state index contributed by atoms with van der Waals surface area (Å²) in [7, 11) is 0. The molecule has 0 fully saturated rings. The molecular formula is C18H16BrN3O2S. The summed E-state index contributed by atoms with van der Waals surface area (Å²) in [6, 6.07) is 13.2. The number of carbonyl (C=O) groups excluding carboxylic acids is 1. The molecule has 2 heterocycles. The lowest BCUT2D eigenvalue weighted by atomic mass is 10.3. The first-order valence-corrected chi connectivity index (χ1v) is 9.30. The predicted molar refractivity (Wildman–Crippen MR) is 102 cm³/mol. The first kappa shape index (κ1) is 17.6. The number of halogens is 1. The number of benzene rings is 1. The predicted octanol–water partition coefficient (Wildman–Crippen LogP) is 4.08. The average Bonchev–Trinajstić information content (AvgIpc) is 3.01. The van der Waals surface area contributed by atoms with Crippen LogP contribution in [0.5, 0.6) is 5.75 Å². The summed E-state index contributed by atoms with van der Waals surface area (Å²) in [5, 5.41) is 3.61. The quantitative estimate of drug-likeness (QED) is 0.613. The van der Waals surface area contributed by atoms with Crippen molar-refractivity contribution in [2.45, 2.75) is 6.92 Å². The lowest BCUT2D eigenvalue weighted by molar-refractivity contribution is 0.0950. The van der Waals surface area contributed by atoms with Gasteiger partial charge in [0.05, 0.1) is 17.9 Å². The number of aryl methyl sites for hydroxylation is 1. The van der Waals surface area contributed by atoms with Crippen LogP contribution in [0.2, 0.25) is 0 Å². The van der Waals surface area contributed by atoms with Gasteiger partial charge in [-0.2, -0.15) is 0 Å². The zero-order valence-electron chi connectivity index (χ0n) is 13.5. The molecule has 1 amide bonds. The third-order valence-corrected chi connectivity index (χ3v) is 5.01. The number of hydrogen-bond acceptors (Lipinski definition) is 5. The van der Waals surface area contributed by atoms with E-state index in [1.54, 1.807) is 6.20 Å². The van der Waals surface area contributed by atoms with Gasteiger partial charge in [-0.25, -0.2) is 4.98 Å². The third-order valence-electron chi connectivity index (χ3n) is 3.34. The van der Waals surface area contributed by atoms with Gasteiger partial charge in [0.15, 0.2) is 0 Å². The highest BCUT2D eigenvalue weighted by atomic mass is 79.9. The molecule has 0 aliphatic heterocycles. The van der Waals surface area contributed by atoms with Gasteiger partial charge in [0.2, 0.25) is 0 Å². The average molecular weight is 418 g/mol. The summed E-state index contributed by atoms with van der Waals surface area (Å²) in [5.41, 5.74) is 1.48. The van der Waals surface area contributed by atoms with Crippen molar-refractivity contribution >= 4 is 33.2 Å². The lowest BCUT2D eigenvalue weighted by Gasteiger charge is -2.07. The van der Waals surface area contributed by atoms with E-state index < -0.39 is 0 Å². The molecule has 0 atom stereocenters. The smallest absolute Gasteiger partial charge is 0.263 e. The lowest BCUT2D eigenvalue weighted by Crippen LogP contribution is -2.27. The molecule has 0 radical (unpaired) electrons. The summed E-state index contributed by atoms with van der Waals surface area (Å²) in [4.78, 5) is 21.7. The third kappa shape index (κ3) is 4.64. The zero-order valence-corrected chi connectivity index (χ0v) is 15.9. The molecule has 25 heavy (non-hydrogen) atoms. The molecular weight excluding hydrogens is 402 g/mol. The van der Waals surface area contributed by atoms with Gasteiger partial charge in [0.1, 0.15) is 22.2 Å². The topological polar surface area (TPSA) is 64.1 Å². The highest BCUT2D eigenvalue weighted by Crippen LogP contribution is 2.26. The minimum absolute atomic E-state index is 0.143. The van der Waals surface area contributed by atoms with E-state index in [9.17, 15) is 4.79 Å². The van der Waals surface area contributed by atoms with Crippen LogP contribution in [0.3, 0.4) is 0 Å². The van der Waals surface area contributed by atoms with Gasteiger partial charge >= 0.3 is 0 Å². The Kier molecular flexibility index (Phi) is 5.78. The summed E-state index contributed by atoms with van der Waals surface area (Å²) >= 11 is 4.74. The Morgan fingerprint density at radius 3 is 2.92 bits per heavy atom. The maximum atomic E-state index is 12.4. The van der Waals surface area contributed by atoms with Crippen LogP contribution in [0.15, 0.2) is 53.1 Å². The molecule has 0 spiro atoms. The van der Waals surface area contributed by atoms with Crippen LogP contribution in [0, 0.1) is 6.92 Å². The first-order chi connectivity index (χ1) is 12.1. The van der Waals surface area contributed by atoms with Crippen LogP contribution in [-0.4, -0.2) is 29.0 Å². The van der Waals surface area contributed by atoms with Crippen molar-refractivity contribution in [1.29, 1.82) is 0 Å². The molecule has 1 aromatic carbocycles. The van der Waals surface area contributed by atoms with Gasteiger partial charge in [0, 0.05) is 10.7 Å². The summed E-state index contributed by atoms with van der Waals surface area (Å²) in [6.45, 7) is 2.64. The van der Waals surface area contributed by atoms with Gasteiger partial charge in [-0.15, -0.1) is 11.3 Å². The fourth-order valence-corrected chi connectivity index (χ4v) is 3.51. The Bertz CT molecular complexity index is 868. The summed E-state index contributed by atoms with van der Waals surface area (Å²) in [5.74, 6) is 0.616.